The normalized spacial score (nSPS) is 10.8. The van der Waals surface area contributed by atoms with Gasteiger partial charge in [0.1, 0.15) is 11.3 Å². The van der Waals surface area contributed by atoms with Crippen molar-refractivity contribution in [1.82, 2.24) is 9.38 Å². The lowest BCUT2D eigenvalue weighted by molar-refractivity contribution is 0.102. The SMILES string of the molecule is Cc1nc2c(C)cccn2c(=O)c1NC(=O)c1ccc(F)c(F)c1. The first kappa shape index (κ1) is 15.8. The van der Waals surface area contributed by atoms with Gasteiger partial charge in [-0.3, -0.25) is 14.0 Å². The monoisotopic (exact) mass is 329 g/mol. The number of hydrogen-bond acceptors (Lipinski definition) is 3. The second kappa shape index (κ2) is 5.84. The number of benzene rings is 1. The predicted octanol–water partition coefficient (Wildman–Crippen LogP) is 2.84. The molecule has 122 valence electrons. The van der Waals surface area contributed by atoms with Crippen LogP contribution in [0.2, 0.25) is 0 Å². The number of aromatic nitrogens is 2. The summed E-state index contributed by atoms with van der Waals surface area (Å²) in [5.74, 6) is -2.91. The van der Waals surface area contributed by atoms with Crippen LogP contribution in [0.3, 0.4) is 0 Å². The molecule has 0 saturated carbocycles. The highest BCUT2D eigenvalue weighted by Crippen LogP contribution is 2.14. The third-order valence-corrected chi connectivity index (χ3v) is 3.65. The van der Waals surface area contributed by atoms with Crippen molar-refractivity contribution in [2.75, 3.05) is 5.32 Å². The molecule has 0 aliphatic rings. The number of carbonyl (C=O) groups excluding carboxylic acids is 1. The Kier molecular flexibility index (Phi) is 3.84. The van der Waals surface area contributed by atoms with Crippen molar-refractivity contribution in [3.63, 3.8) is 0 Å². The molecule has 0 aliphatic heterocycles. The first-order valence-electron chi connectivity index (χ1n) is 7.13. The summed E-state index contributed by atoms with van der Waals surface area (Å²) in [4.78, 5) is 29.1. The molecule has 0 unspecified atom stereocenters. The van der Waals surface area contributed by atoms with Crippen LogP contribution in [0.25, 0.3) is 5.65 Å². The average molecular weight is 329 g/mol. The van der Waals surface area contributed by atoms with Crippen molar-refractivity contribution in [3.8, 4) is 0 Å². The minimum atomic E-state index is -1.14. The van der Waals surface area contributed by atoms with Gasteiger partial charge in [-0.05, 0) is 43.7 Å². The van der Waals surface area contributed by atoms with Crippen LogP contribution in [0, 0.1) is 25.5 Å². The molecule has 2 aromatic heterocycles. The fourth-order valence-electron chi connectivity index (χ4n) is 2.37. The minimum Gasteiger partial charge on any atom is -0.316 e. The summed E-state index contributed by atoms with van der Waals surface area (Å²) in [6.45, 7) is 3.41. The van der Waals surface area contributed by atoms with E-state index in [1.165, 1.54) is 4.40 Å². The lowest BCUT2D eigenvalue weighted by Crippen LogP contribution is -2.25. The van der Waals surface area contributed by atoms with Gasteiger partial charge in [0.2, 0.25) is 0 Å². The van der Waals surface area contributed by atoms with Gasteiger partial charge in [0.25, 0.3) is 11.5 Å². The second-order valence-corrected chi connectivity index (χ2v) is 5.35. The van der Waals surface area contributed by atoms with Gasteiger partial charge in [-0.2, -0.15) is 0 Å². The lowest BCUT2D eigenvalue weighted by Gasteiger charge is -2.10. The van der Waals surface area contributed by atoms with Crippen molar-refractivity contribution in [2.45, 2.75) is 13.8 Å². The molecule has 0 saturated heterocycles. The Bertz CT molecular complexity index is 1030. The molecule has 1 amide bonds. The van der Waals surface area contributed by atoms with Gasteiger partial charge < -0.3 is 5.32 Å². The van der Waals surface area contributed by atoms with Crippen LogP contribution in [-0.4, -0.2) is 15.3 Å². The molecule has 0 spiro atoms. The van der Waals surface area contributed by atoms with E-state index in [0.717, 1.165) is 23.8 Å². The van der Waals surface area contributed by atoms with Crippen LogP contribution < -0.4 is 10.9 Å². The fourth-order valence-corrected chi connectivity index (χ4v) is 2.37. The number of pyridine rings is 1. The molecule has 24 heavy (non-hydrogen) atoms. The van der Waals surface area contributed by atoms with E-state index < -0.39 is 23.1 Å². The van der Waals surface area contributed by atoms with Gasteiger partial charge in [0, 0.05) is 11.8 Å². The van der Waals surface area contributed by atoms with Gasteiger partial charge in [-0.15, -0.1) is 0 Å². The lowest BCUT2D eigenvalue weighted by atomic mass is 10.2. The Labute approximate surface area is 135 Å². The highest BCUT2D eigenvalue weighted by Gasteiger charge is 2.16. The van der Waals surface area contributed by atoms with Gasteiger partial charge in [0.15, 0.2) is 11.6 Å². The third-order valence-electron chi connectivity index (χ3n) is 3.65. The van der Waals surface area contributed by atoms with E-state index >= 15 is 0 Å². The number of amides is 1. The summed E-state index contributed by atoms with van der Waals surface area (Å²) in [5, 5.41) is 2.43. The third kappa shape index (κ3) is 2.64. The molecule has 1 N–H and O–H groups in total. The Morgan fingerprint density at radius 1 is 1.17 bits per heavy atom. The van der Waals surface area contributed by atoms with Gasteiger partial charge in [0.05, 0.1) is 5.69 Å². The Morgan fingerprint density at radius 3 is 2.62 bits per heavy atom. The largest absolute Gasteiger partial charge is 0.316 e. The molecule has 0 atom stereocenters. The van der Waals surface area contributed by atoms with Crippen LogP contribution in [0.4, 0.5) is 14.5 Å². The Morgan fingerprint density at radius 2 is 1.92 bits per heavy atom. The van der Waals surface area contributed by atoms with Gasteiger partial charge in [-0.25, -0.2) is 13.8 Å². The maximum Gasteiger partial charge on any atom is 0.281 e. The van der Waals surface area contributed by atoms with Crippen molar-refractivity contribution < 1.29 is 13.6 Å². The molecule has 0 fully saturated rings. The van der Waals surface area contributed by atoms with Crippen molar-refractivity contribution in [2.24, 2.45) is 0 Å². The Balaban J connectivity index is 2.05. The summed E-state index contributed by atoms with van der Waals surface area (Å²) in [6.07, 6.45) is 1.55. The van der Waals surface area contributed by atoms with Gasteiger partial charge in [-0.1, -0.05) is 6.07 Å². The number of aryl methyl sites for hydroxylation is 2. The van der Waals surface area contributed by atoms with E-state index in [9.17, 15) is 18.4 Å². The van der Waals surface area contributed by atoms with E-state index in [4.69, 9.17) is 0 Å². The van der Waals surface area contributed by atoms with Crippen molar-refractivity contribution >= 4 is 17.2 Å². The number of nitrogens with one attached hydrogen (secondary N) is 1. The van der Waals surface area contributed by atoms with Crippen LogP contribution >= 0.6 is 0 Å². The van der Waals surface area contributed by atoms with E-state index in [0.29, 0.717) is 11.3 Å². The standard InChI is InChI=1S/C17H13F2N3O2/c1-9-4-3-7-22-15(9)20-10(2)14(17(22)24)21-16(23)11-5-6-12(18)13(19)8-11/h3-8H,1-2H3,(H,21,23). The summed E-state index contributed by atoms with van der Waals surface area (Å²) in [5.41, 5.74) is 1.10. The van der Waals surface area contributed by atoms with Crippen LogP contribution in [0.5, 0.6) is 0 Å². The highest BCUT2D eigenvalue weighted by molar-refractivity contribution is 6.04. The average Bonchev–Trinajstić information content (AvgIpc) is 2.55. The number of hydrogen-bond donors (Lipinski definition) is 1. The number of rotatable bonds is 2. The zero-order chi connectivity index (χ0) is 17.4. The highest BCUT2D eigenvalue weighted by atomic mass is 19.2. The Hall–Kier alpha value is -3.09. The molecule has 1 aromatic carbocycles. The van der Waals surface area contributed by atoms with Crippen LogP contribution in [0.15, 0.2) is 41.3 Å². The maximum atomic E-state index is 13.3. The predicted molar refractivity (Wildman–Crippen MR) is 85.2 cm³/mol. The summed E-state index contributed by atoms with van der Waals surface area (Å²) in [7, 11) is 0. The number of carbonyl (C=O) groups is 1. The topological polar surface area (TPSA) is 63.5 Å². The molecular formula is C17H13F2N3O2. The number of nitrogens with zero attached hydrogens (tertiary/aromatic N) is 2. The fraction of sp³-hybridized carbons (Fsp3) is 0.118. The quantitative estimate of drug-likeness (QED) is 0.786. The van der Waals surface area contributed by atoms with Crippen molar-refractivity contribution in [1.29, 1.82) is 0 Å². The summed E-state index contributed by atoms with van der Waals surface area (Å²) < 4.78 is 27.5. The van der Waals surface area contributed by atoms with E-state index in [1.54, 1.807) is 19.2 Å². The molecule has 3 aromatic rings. The van der Waals surface area contributed by atoms with Crippen LogP contribution in [-0.2, 0) is 0 Å². The molecular weight excluding hydrogens is 316 g/mol. The molecule has 0 aliphatic carbocycles. The van der Waals surface area contributed by atoms with Crippen molar-refractivity contribution in [3.05, 3.63) is 75.3 Å². The van der Waals surface area contributed by atoms with Crippen LogP contribution in [0.1, 0.15) is 21.6 Å². The molecule has 2 heterocycles. The second-order valence-electron chi connectivity index (χ2n) is 5.35. The number of anilines is 1. The molecule has 0 radical (unpaired) electrons. The van der Waals surface area contributed by atoms with Gasteiger partial charge >= 0.3 is 0 Å². The minimum absolute atomic E-state index is 0.00664. The smallest absolute Gasteiger partial charge is 0.281 e. The number of fused-ring (bicyclic) bond motifs is 1. The molecule has 3 rings (SSSR count). The first-order valence-corrected chi connectivity index (χ1v) is 7.13. The zero-order valence-corrected chi connectivity index (χ0v) is 12.9. The van der Waals surface area contributed by atoms with E-state index in [1.807, 2.05) is 13.0 Å². The summed E-state index contributed by atoms with van der Waals surface area (Å²) >= 11 is 0. The van der Waals surface area contributed by atoms with E-state index in [-0.39, 0.29) is 11.3 Å². The molecule has 5 nitrogen and oxygen atoms in total. The number of halogens is 2. The maximum absolute atomic E-state index is 13.3. The summed E-state index contributed by atoms with van der Waals surface area (Å²) in [6, 6.07) is 6.28. The molecule has 0 bridgehead atoms. The molecule has 7 heteroatoms. The van der Waals surface area contributed by atoms with E-state index in [2.05, 4.69) is 10.3 Å². The zero-order valence-electron chi connectivity index (χ0n) is 12.9. The first-order chi connectivity index (χ1) is 11.4.